The van der Waals surface area contributed by atoms with Crippen molar-refractivity contribution in [1.29, 1.82) is 0 Å². The Morgan fingerprint density at radius 1 is 0.587 bits per heavy atom. The van der Waals surface area contributed by atoms with Gasteiger partial charge in [-0.05, 0) is 87.2 Å². The molecule has 0 heterocycles. The molecular formula is C32H32Cl6O8. The molecule has 0 aromatic heterocycles. The van der Waals surface area contributed by atoms with Crippen molar-refractivity contribution in [3.63, 3.8) is 0 Å². The maximum atomic E-state index is 13.0. The van der Waals surface area contributed by atoms with Gasteiger partial charge in [-0.1, -0.05) is 83.5 Å². The Hall–Kier alpha value is -1.94. The first-order chi connectivity index (χ1) is 21.6. The number of halogens is 6. The zero-order chi connectivity index (χ0) is 33.8. The number of hydrogen-bond donors (Lipinski definition) is 0. The van der Waals surface area contributed by atoms with Crippen LogP contribution in [0.4, 0.5) is 0 Å². The fraction of sp³-hybridized carbons (Fsp3) is 0.500. The summed E-state index contributed by atoms with van der Waals surface area (Å²) in [6.45, 7) is 4.55. The molecule has 0 bridgehead atoms. The van der Waals surface area contributed by atoms with Gasteiger partial charge < -0.3 is 18.9 Å². The van der Waals surface area contributed by atoms with Crippen molar-refractivity contribution < 1.29 is 38.1 Å². The number of unbranched alkanes of at least 4 members (excludes halogenated alkanes) is 2. The average molecular weight is 757 g/mol. The van der Waals surface area contributed by atoms with Crippen LogP contribution >= 0.6 is 69.6 Å². The molecule has 0 amide bonds. The molecule has 0 radical (unpaired) electrons. The lowest BCUT2D eigenvalue weighted by atomic mass is 10.0. The predicted molar refractivity (Wildman–Crippen MR) is 177 cm³/mol. The predicted octanol–water partition coefficient (Wildman–Crippen LogP) is 10.4. The summed E-state index contributed by atoms with van der Waals surface area (Å²) in [6.07, 6.45) is 9.67. The van der Waals surface area contributed by atoms with Crippen LogP contribution in [0.15, 0.2) is 12.1 Å². The topological polar surface area (TPSA) is 105 Å². The van der Waals surface area contributed by atoms with E-state index in [9.17, 15) is 19.2 Å². The zero-order valence-electron chi connectivity index (χ0n) is 25.2. The molecule has 2 aliphatic rings. The molecule has 0 saturated heterocycles. The molecule has 250 valence electrons. The van der Waals surface area contributed by atoms with Gasteiger partial charge in [0.05, 0.1) is 43.3 Å². The molecular weight excluding hydrogens is 725 g/mol. The Bertz CT molecular complexity index is 1420. The van der Waals surface area contributed by atoms with Crippen molar-refractivity contribution in [3.8, 4) is 11.5 Å². The van der Waals surface area contributed by atoms with E-state index in [4.69, 9.17) is 88.6 Å². The minimum atomic E-state index is -1.64. The van der Waals surface area contributed by atoms with Gasteiger partial charge >= 0.3 is 23.9 Å². The molecule has 2 fully saturated rings. The van der Waals surface area contributed by atoms with Gasteiger partial charge in [0.2, 0.25) is 0 Å². The van der Waals surface area contributed by atoms with Crippen LogP contribution in [0.1, 0.15) is 98.8 Å². The summed E-state index contributed by atoms with van der Waals surface area (Å²) >= 11 is 37.2. The first kappa shape index (κ1) is 36.9. The van der Waals surface area contributed by atoms with Gasteiger partial charge in [-0.3, -0.25) is 0 Å². The summed E-state index contributed by atoms with van der Waals surface area (Å²) in [5, 5.41) is -1.46. The molecule has 0 N–H and O–H groups in total. The Kier molecular flexibility index (Phi) is 12.4. The number of carbonyl (C=O) groups is 4. The largest absolute Gasteiger partial charge is 0.462 e. The van der Waals surface area contributed by atoms with Gasteiger partial charge in [0.15, 0.2) is 11.5 Å². The summed E-state index contributed by atoms with van der Waals surface area (Å²) in [4.78, 5) is 51.8. The minimum absolute atomic E-state index is 0.0683. The van der Waals surface area contributed by atoms with Gasteiger partial charge in [-0.15, -0.1) is 0 Å². The van der Waals surface area contributed by atoms with Crippen LogP contribution < -0.4 is 9.47 Å². The van der Waals surface area contributed by atoms with E-state index in [2.05, 4.69) is 13.8 Å². The Balaban J connectivity index is 1.44. The molecule has 0 atom stereocenters. The second-order valence-corrected chi connectivity index (χ2v) is 14.7. The number of ether oxygens (including phenoxy) is 4. The summed E-state index contributed by atoms with van der Waals surface area (Å²) in [5.74, 6) is -6.36. The maximum absolute atomic E-state index is 13.0. The molecule has 14 heteroatoms. The summed E-state index contributed by atoms with van der Waals surface area (Å²) in [6, 6.07) is 2.25. The van der Waals surface area contributed by atoms with E-state index >= 15 is 0 Å². The lowest BCUT2D eigenvalue weighted by molar-refractivity contribution is -0.156. The fourth-order valence-corrected chi connectivity index (χ4v) is 6.14. The minimum Gasteiger partial charge on any atom is -0.462 e. The fourth-order valence-electron chi connectivity index (χ4n) is 4.70. The SMILES string of the molecule is CC1(CCCCOC(=O)c2c(Cl)c(Cl)cc(Cl)c2OC(=O)C(=O)Oc2c(Cl)cc(Cl)c(Cl)c2C(=O)OCCCCC2(C)CC2)CC1. The maximum Gasteiger partial charge on any atom is 0.423 e. The second kappa shape index (κ2) is 15.5. The quantitative estimate of drug-likeness (QED) is 0.0617. The van der Waals surface area contributed by atoms with Crippen molar-refractivity contribution in [2.24, 2.45) is 10.8 Å². The molecule has 0 unspecified atom stereocenters. The molecule has 2 aromatic carbocycles. The zero-order valence-corrected chi connectivity index (χ0v) is 29.7. The molecule has 2 aromatic rings. The van der Waals surface area contributed by atoms with Crippen LogP contribution in [0.3, 0.4) is 0 Å². The standard InChI is InChI=1S/C32H32Cl6O8/c1-31(9-10-31)7-3-5-13-43-27(39)21-23(37)17(33)15-19(35)25(21)45-29(41)30(42)46-26-20(36)16-18(34)24(38)22(26)28(40)44-14-6-4-8-32(2)11-12-32/h15-16H,3-14H2,1-2H3. The van der Waals surface area contributed by atoms with Crippen molar-refractivity contribution in [1.82, 2.24) is 0 Å². The van der Waals surface area contributed by atoms with Gasteiger partial charge in [-0.25, -0.2) is 19.2 Å². The number of hydrogen-bond acceptors (Lipinski definition) is 8. The van der Waals surface area contributed by atoms with Crippen molar-refractivity contribution in [2.75, 3.05) is 13.2 Å². The Morgan fingerprint density at radius 3 is 1.26 bits per heavy atom. The van der Waals surface area contributed by atoms with Crippen LogP contribution in [-0.2, 0) is 19.1 Å². The van der Waals surface area contributed by atoms with Gasteiger partial charge in [0.25, 0.3) is 0 Å². The van der Waals surface area contributed by atoms with E-state index in [0.717, 1.165) is 37.8 Å². The van der Waals surface area contributed by atoms with Crippen molar-refractivity contribution in [3.05, 3.63) is 53.4 Å². The van der Waals surface area contributed by atoms with E-state index in [1.807, 2.05) is 0 Å². The van der Waals surface area contributed by atoms with E-state index < -0.39 is 46.5 Å². The van der Waals surface area contributed by atoms with E-state index in [1.54, 1.807) is 0 Å². The van der Waals surface area contributed by atoms with E-state index in [-0.39, 0.29) is 43.3 Å². The lowest BCUT2D eigenvalue weighted by Gasteiger charge is -2.16. The highest BCUT2D eigenvalue weighted by atomic mass is 35.5. The Morgan fingerprint density at radius 2 is 0.935 bits per heavy atom. The van der Waals surface area contributed by atoms with E-state index in [0.29, 0.717) is 23.7 Å². The number of esters is 4. The van der Waals surface area contributed by atoms with Gasteiger partial charge in [0, 0.05) is 0 Å². The van der Waals surface area contributed by atoms with Crippen molar-refractivity contribution >= 4 is 93.5 Å². The highest BCUT2D eigenvalue weighted by Gasteiger charge is 2.37. The van der Waals surface area contributed by atoms with Crippen LogP contribution in [0.25, 0.3) is 0 Å². The third-order valence-electron chi connectivity index (χ3n) is 8.24. The van der Waals surface area contributed by atoms with Crippen molar-refractivity contribution in [2.45, 2.75) is 78.1 Å². The first-order valence-electron chi connectivity index (χ1n) is 14.8. The highest BCUT2D eigenvalue weighted by Crippen LogP contribution is 2.50. The molecule has 4 rings (SSSR count). The number of rotatable bonds is 14. The molecule has 8 nitrogen and oxygen atoms in total. The van der Waals surface area contributed by atoms with Crippen LogP contribution in [0, 0.1) is 10.8 Å². The number of benzene rings is 2. The third-order valence-corrected chi connectivity index (χ3v) is 10.4. The molecule has 2 saturated carbocycles. The monoisotopic (exact) mass is 754 g/mol. The molecule has 2 aliphatic carbocycles. The normalized spacial score (nSPS) is 15.6. The highest BCUT2D eigenvalue weighted by molar-refractivity contribution is 6.47. The lowest BCUT2D eigenvalue weighted by Crippen LogP contribution is -2.27. The number of carbonyl (C=O) groups excluding carboxylic acids is 4. The van der Waals surface area contributed by atoms with Crippen LogP contribution in [0.2, 0.25) is 30.1 Å². The second-order valence-electron chi connectivity index (χ2n) is 12.3. The van der Waals surface area contributed by atoms with Gasteiger partial charge in [0.1, 0.15) is 11.1 Å². The van der Waals surface area contributed by atoms with Crippen LogP contribution in [0.5, 0.6) is 11.5 Å². The third kappa shape index (κ3) is 9.57. The first-order valence-corrected chi connectivity index (χ1v) is 17.0. The Labute approximate surface area is 297 Å². The summed E-state index contributed by atoms with van der Waals surface area (Å²) in [5.41, 5.74) is -0.190. The molecule has 0 spiro atoms. The molecule has 46 heavy (non-hydrogen) atoms. The smallest absolute Gasteiger partial charge is 0.423 e. The van der Waals surface area contributed by atoms with Crippen LogP contribution in [-0.4, -0.2) is 37.1 Å². The average Bonchev–Trinajstić information content (AvgIpc) is 3.92. The van der Waals surface area contributed by atoms with Gasteiger partial charge in [-0.2, -0.15) is 0 Å². The van der Waals surface area contributed by atoms with E-state index in [1.165, 1.54) is 25.7 Å². The molecule has 0 aliphatic heterocycles. The summed E-state index contributed by atoms with van der Waals surface area (Å²) in [7, 11) is 0. The summed E-state index contributed by atoms with van der Waals surface area (Å²) < 4.78 is 21.0.